The molecule has 0 aliphatic carbocycles. The van der Waals surface area contributed by atoms with E-state index in [1.165, 1.54) is 0 Å². The van der Waals surface area contributed by atoms with Crippen LogP contribution in [0.5, 0.6) is 0 Å². The molecule has 20 heavy (non-hydrogen) atoms. The lowest BCUT2D eigenvalue weighted by molar-refractivity contribution is -0.133. The molecule has 1 saturated heterocycles. The third-order valence-corrected chi connectivity index (χ3v) is 5.90. The van der Waals surface area contributed by atoms with Gasteiger partial charge in [0.1, 0.15) is 0 Å². The van der Waals surface area contributed by atoms with Gasteiger partial charge in [0.25, 0.3) is 0 Å². The zero-order valence-electron chi connectivity index (χ0n) is 12.9. The van der Waals surface area contributed by atoms with E-state index in [9.17, 15) is 13.2 Å². The molecule has 5 nitrogen and oxygen atoms in total. The number of amides is 1. The maximum Gasteiger partial charge on any atom is 0.222 e. The molecule has 1 rings (SSSR count). The summed E-state index contributed by atoms with van der Waals surface area (Å²) in [6.45, 7) is 7.34. The van der Waals surface area contributed by atoms with Crippen molar-refractivity contribution in [3.63, 3.8) is 0 Å². The molecule has 1 aliphatic heterocycles. The molecule has 1 fully saturated rings. The van der Waals surface area contributed by atoms with Gasteiger partial charge in [-0.05, 0) is 38.1 Å². The van der Waals surface area contributed by atoms with Crippen molar-refractivity contribution < 1.29 is 13.2 Å². The van der Waals surface area contributed by atoms with Crippen LogP contribution in [0.15, 0.2) is 0 Å². The van der Waals surface area contributed by atoms with E-state index in [-0.39, 0.29) is 28.9 Å². The number of nitrogens with two attached hydrogens (primary N) is 1. The van der Waals surface area contributed by atoms with Crippen molar-refractivity contribution in [1.82, 2.24) is 4.90 Å². The van der Waals surface area contributed by atoms with Crippen LogP contribution in [0.25, 0.3) is 0 Å². The largest absolute Gasteiger partial charge is 0.339 e. The van der Waals surface area contributed by atoms with E-state index in [4.69, 9.17) is 5.73 Å². The Hall–Kier alpha value is -0.620. The highest BCUT2D eigenvalue weighted by Gasteiger charge is 2.34. The average molecular weight is 304 g/mol. The third kappa shape index (κ3) is 5.05. The van der Waals surface area contributed by atoms with Gasteiger partial charge in [-0.1, -0.05) is 13.8 Å². The molecular weight excluding hydrogens is 276 g/mol. The Bertz CT molecular complexity index is 432. The summed E-state index contributed by atoms with van der Waals surface area (Å²) in [5.74, 6) is 0.401. The first-order valence-electron chi connectivity index (χ1n) is 7.41. The minimum atomic E-state index is -2.95. The van der Waals surface area contributed by atoms with Crippen LogP contribution in [-0.2, 0) is 14.6 Å². The fourth-order valence-electron chi connectivity index (χ4n) is 2.76. The lowest BCUT2D eigenvalue weighted by Gasteiger charge is -2.29. The van der Waals surface area contributed by atoms with E-state index in [1.807, 2.05) is 6.92 Å². The minimum Gasteiger partial charge on any atom is -0.339 e. The van der Waals surface area contributed by atoms with Crippen LogP contribution in [0.3, 0.4) is 0 Å². The Kier molecular flexibility index (Phi) is 6.01. The molecule has 0 aromatic carbocycles. The second-order valence-electron chi connectivity index (χ2n) is 6.44. The first-order chi connectivity index (χ1) is 9.21. The van der Waals surface area contributed by atoms with Gasteiger partial charge < -0.3 is 10.6 Å². The van der Waals surface area contributed by atoms with Crippen molar-refractivity contribution in [3.8, 4) is 0 Å². The number of hydrogen-bond acceptors (Lipinski definition) is 4. The summed E-state index contributed by atoms with van der Waals surface area (Å²) in [5.41, 5.74) is 5.64. The molecule has 118 valence electrons. The van der Waals surface area contributed by atoms with Crippen molar-refractivity contribution in [2.45, 2.75) is 52.5 Å². The highest BCUT2D eigenvalue weighted by Crippen LogP contribution is 2.27. The van der Waals surface area contributed by atoms with Crippen LogP contribution in [0, 0.1) is 5.41 Å². The monoisotopic (exact) mass is 304 g/mol. The van der Waals surface area contributed by atoms with Crippen LogP contribution in [0.4, 0.5) is 0 Å². The van der Waals surface area contributed by atoms with E-state index < -0.39 is 9.84 Å². The van der Waals surface area contributed by atoms with Crippen molar-refractivity contribution in [2.24, 2.45) is 11.1 Å². The summed E-state index contributed by atoms with van der Waals surface area (Å²) >= 11 is 0. The molecule has 0 bridgehead atoms. The lowest BCUT2D eigenvalue weighted by atomic mass is 9.84. The summed E-state index contributed by atoms with van der Waals surface area (Å²) in [5, 5.41) is 0. The van der Waals surface area contributed by atoms with Crippen molar-refractivity contribution >= 4 is 15.7 Å². The standard InChI is InChI=1S/C14H28N2O3S/c1-4-16(12-6-10-20(18,19)11-12)13(17)5-7-14(2,3)8-9-15/h12H,4-11,15H2,1-3H3. The van der Waals surface area contributed by atoms with Crippen molar-refractivity contribution in [3.05, 3.63) is 0 Å². The molecule has 1 amide bonds. The van der Waals surface area contributed by atoms with E-state index in [2.05, 4.69) is 13.8 Å². The molecule has 2 N–H and O–H groups in total. The van der Waals surface area contributed by atoms with E-state index >= 15 is 0 Å². The molecule has 0 aromatic heterocycles. The van der Waals surface area contributed by atoms with Gasteiger partial charge in [-0.25, -0.2) is 8.42 Å². The Morgan fingerprint density at radius 2 is 2.00 bits per heavy atom. The van der Waals surface area contributed by atoms with Gasteiger partial charge in [-0.2, -0.15) is 0 Å². The zero-order valence-corrected chi connectivity index (χ0v) is 13.7. The van der Waals surface area contributed by atoms with Gasteiger partial charge in [0.2, 0.25) is 5.91 Å². The van der Waals surface area contributed by atoms with Crippen LogP contribution in [-0.4, -0.2) is 49.9 Å². The Morgan fingerprint density at radius 1 is 1.35 bits per heavy atom. The van der Waals surface area contributed by atoms with Gasteiger partial charge in [0.15, 0.2) is 9.84 Å². The summed E-state index contributed by atoms with van der Waals surface area (Å²) in [6, 6.07) is -0.130. The first kappa shape index (κ1) is 17.4. The van der Waals surface area contributed by atoms with E-state index in [0.717, 1.165) is 12.8 Å². The molecule has 0 aromatic rings. The van der Waals surface area contributed by atoms with Crippen LogP contribution >= 0.6 is 0 Å². The topological polar surface area (TPSA) is 80.5 Å². The molecule has 1 heterocycles. The number of carbonyl (C=O) groups is 1. The van der Waals surface area contributed by atoms with Gasteiger partial charge in [0, 0.05) is 19.0 Å². The second kappa shape index (κ2) is 6.89. The second-order valence-corrected chi connectivity index (χ2v) is 8.67. The molecule has 0 saturated carbocycles. The van der Waals surface area contributed by atoms with Crippen molar-refractivity contribution in [2.75, 3.05) is 24.6 Å². The summed E-state index contributed by atoms with van der Waals surface area (Å²) in [4.78, 5) is 14.1. The SMILES string of the molecule is CCN(C(=O)CCC(C)(C)CCN)C1CCS(=O)(=O)C1. The maximum absolute atomic E-state index is 12.3. The minimum absolute atomic E-state index is 0.0611. The lowest BCUT2D eigenvalue weighted by Crippen LogP contribution is -2.41. The molecular formula is C14H28N2O3S. The van der Waals surface area contributed by atoms with Gasteiger partial charge in [-0.3, -0.25) is 4.79 Å². The molecule has 1 atom stereocenters. The van der Waals surface area contributed by atoms with E-state index in [1.54, 1.807) is 4.90 Å². The Balaban J connectivity index is 2.56. The van der Waals surface area contributed by atoms with Gasteiger partial charge >= 0.3 is 0 Å². The molecule has 6 heteroatoms. The number of rotatable bonds is 7. The predicted octanol–water partition coefficient (Wildman–Crippen LogP) is 1.18. The summed E-state index contributed by atoms with van der Waals surface area (Å²) < 4.78 is 23.1. The predicted molar refractivity (Wildman–Crippen MR) is 81.1 cm³/mol. The smallest absolute Gasteiger partial charge is 0.222 e. The highest BCUT2D eigenvalue weighted by molar-refractivity contribution is 7.91. The highest BCUT2D eigenvalue weighted by atomic mass is 32.2. The van der Waals surface area contributed by atoms with E-state index in [0.29, 0.717) is 25.9 Å². The quantitative estimate of drug-likeness (QED) is 0.766. The van der Waals surface area contributed by atoms with Crippen molar-refractivity contribution in [1.29, 1.82) is 0 Å². The van der Waals surface area contributed by atoms with Crippen LogP contribution < -0.4 is 5.73 Å². The van der Waals surface area contributed by atoms with Crippen LogP contribution in [0.2, 0.25) is 0 Å². The number of sulfone groups is 1. The Morgan fingerprint density at radius 3 is 2.45 bits per heavy atom. The number of hydrogen-bond donors (Lipinski definition) is 1. The summed E-state index contributed by atoms with van der Waals surface area (Å²) in [7, 11) is -2.95. The fourth-order valence-corrected chi connectivity index (χ4v) is 4.49. The molecule has 0 spiro atoms. The first-order valence-corrected chi connectivity index (χ1v) is 9.23. The Labute approximate surface area is 122 Å². The molecule has 1 unspecified atom stereocenters. The molecule has 0 radical (unpaired) electrons. The number of nitrogens with zero attached hydrogens (tertiary/aromatic N) is 1. The van der Waals surface area contributed by atoms with Crippen LogP contribution in [0.1, 0.15) is 46.5 Å². The molecule has 1 aliphatic rings. The number of carbonyl (C=O) groups excluding carboxylic acids is 1. The van der Waals surface area contributed by atoms with Gasteiger partial charge in [-0.15, -0.1) is 0 Å². The fraction of sp³-hybridized carbons (Fsp3) is 0.929. The average Bonchev–Trinajstić information content (AvgIpc) is 2.68. The van der Waals surface area contributed by atoms with Gasteiger partial charge in [0.05, 0.1) is 11.5 Å². The normalized spacial score (nSPS) is 21.9. The zero-order chi connectivity index (χ0) is 15.4. The maximum atomic E-state index is 12.3. The summed E-state index contributed by atoms with van der Waals surface area (Å²) in [6.07, 6.45) is 2.73. The third-order valence-electron chi connectivity index (χ3n) is 4.15.